The number of amides is 1. The standard InChI is InChI=1S/C30H38N2O5/c1-16-8-7-10-20-27-29(3,37-27)17(2)26-22(13-18-15-31-21-11-6-5-9-19(18)21)32-28(35)30(20,26)25(34)14-24(36-4)23(33)12-16/h5-7,9-11,15-17,20,22-24,26-27,31,33H,8,12-14H2,1-4H3,(H,32,35)/b10-7-/t16-,17+,20+,22-,23+,24-,26+,27-,29+,30+/m1/s1. The Morgan fingerprint density at radius 1 is 1.22 bits per heavy atom. The van der Waals surface area contributed by atoms with E-state index in [-0.39, 0.29) is 59.5 Å². The number of hydrogen-bond donors (Lipinski definition) is 3. The Balaban J connectivity index is 1.46. The van der Waals surface area contributed by atoms with Crippen molar-refractivity contribution in [3.8, 4) is 0 Å². The quantitative estimate of drug-likeness (QED) is 0.336. The number of benzene rings is 1. The molecule has 2 aromatic rings. The highest BCUT2D eigenvalue weighted by molar-refractivity contribution is 6.09. The molecule has 3 N–H and O–H groups in total. The second kappa shape index (κ2) is 8.79. The predicted molar refractivity (Wildman–Crippen MR) is 140 cm³/mol. The lowest BCUT2D eigenvalue weighted by Crippen LogP contribution is -2.59. The lowest BCUT2D eigenvalue weighted by molar-refractivity contribution is -0.151. The van der Waals surface area contributed by atoms with Gasteiger partial charge >= 0.3 is 0 Å². The zero-order valence-corrected chi connectivity index (χ0v) is 22.1. The van der Waals surface area contributed by atoms with Crippen molar-refractivity contribution in [2.45, 2.75) is 76.4 Å². The van der Waals surface area contributed by atoms with E-state index in [2.05, 4.69) is 49.3 Å². The Hall–Kier alpha value is -2.48. The van der Waals surface area contributed by atoms with E-state index in [9.17, 15) is 14.7 Å². The highest BCUT2D eigenvalue weighted by Crippen LogP contribution is 2.66. The molecule has 3 heterocycles. The third kappa shape index (κ3) is 3.57. The number of aliphatic hydroxyl groups is 1. The van der Waals surface area contributed by atoms with Gasteiger partial charge in [0.25, 0.3) is 0 Å². The summed E-state index contributed by atoms with van der Waals surface area (Å²) in [5, 5.41) is 15.3. The lowest BCUT2D eigenvalue weighted by atomic mass is 9.51. The van der Waals surface area contributed by atoms with E-state index in [4.69, 9.17) is 9.47 Å². The first-order chi connectivity index (χ1) is 17.7. The van der Waals surface area contributed by atoms with Crippen LogP contribution in [-0.2, 0) is 25.5 Å². The van der Waals surface area contributed by atoms with Gasteiger partial charge in [-0.15, -0.1) is 0 Å². The van der Waals surface area contributed by atoms with Gasteiger partial charge in [-0.25, -0.2) is 0 Å². The van der Waals surface area contributed by atoms with Crippen LogP contribution < -0.4 is 5.32 Å². The molecule has 7 heteroatoms. The molecule has 10 atom stereocenters. The number of ketones is 1. The minimum atomic E-state index is -1.25. The monoisotopic (exact) mass is 506 g/mol. The van der Waals surface area contributed by atoms with Gasteiger partial charge in [0.05, 0.1) is 23.9 Å². The van der Waals surface area contributed by atoms with Gasteiger partial charge in [-0.05, 0) is 49.7 Å². The van der Waals surface area contributed by atoms with Crippen LogP contribution in [0.3, 0.4) is 0 Å². The largest absolute Gasteiger partial charge is 0.390 e. The molecule has 1 amide bonds. The van der Waals surface area contributed by atoms with Crippen molar-refractivity contribution < 1.29 is 24.2 Å². The number of epoxide rings is 1. The van der Waals surface area contributed by atoms with E-state index in [1.807, 2.05) is 24.4 Å². The average molecular weight is 507 g/mol. The van der Waals surface area contributed by atoms with Crippen LogP contribution in [0.2, 0.25) is 0 Å². The fraction of sp³-hybridized carbons (Fsp3) is 0.600. The number of hydrogen-bond acceptors (Lipinski definition) is 5. The van der Waals surface area contributed by atoms with Gasteiger partial charge in [0, 0.05) is 48.5 Å². The molecule has 198 valence electrons. The van der Waals surface area contributed by atoms with Gasteiger partial charge in [-0.3, -0.25) is 9.59 Å². The van der Waals surface area contributed by atoms with Crippen LogP contribution in [0.5, 0.6) is 0 Å². The predicted octanol–water partition coefficient (Wildman–Crippen LogP) is 3.56. The van der Waals surface area contributed by atoms with E-state index >= 15 is 0 Å². The third-order valence-electron chi connectivity index (χ3n) is 10.1. The number of methoxy groups -OCH3 is 1. The Kier molecular flexibility index (Phi) is 5.90. The summed E-state index contributed by atoms with van der Waals surface area (Å²) in [7, 11) is 1.54. The van der Waals surface area contributed by atoms with Crippen LogP contribution in [0.25, 0.3) is 10.9 Å². The van der Waals surface area contributed by atoms with Crippen LogP contribution in [-0.4, -0.2) is 58.8 Å². The number of para-hydroxylation sites is 1. The Labute approximate surface area is 218 Å². The minimum absolute atomic E-state index is 0.00442. The summed E-state index contributed by atoms with van der Waals surface area (Å²) in [5.41, 5.74) is 0.561. The summed E-state index contributed by atoms with van der Waals surface area (Å²) in [6.45, 7) is 6.36. The van der Waals surface area contributed by atoms with Crippen molar-refractivity contribution in [1.29, 1.82) is 0 Å². The number of fused-ring (bicyclic) bond motifs is 3. The number of carbonyl (C=O) groups excluding carboxylic acids is 2. The number of aliphatic hydroxyl groups excluding tert-OH is 1. The lowest BCUT2D eigenvalue weighted by Gasteiger charge is -2.46. The van der Waals surface area contributed by atoms with Gasteiger partial charge in [-0.2, -0.15) is 0 Å². The summed E-state index contributed by atoms with van der Waals surface area (Å²) in [6, 6.07) is 7.95. The number of aromatic amines is 1. The molecule has 1 aromatic heterocycles. The number of allylic oxidation sites excluding steroid dienone is 1. The van der Waals surface area contributed by atoms with E-state index in [1.54, 1.807) is 0 Å². The van der Waals surface area contributed by atoms with Crippen molar-refractivity contribution in [1.82, 2.24) is 10.3 Å². The Morgan fingerprint density at radius 3 is 2.78 bits per heavy atom. The second-order valence-electron chi connectivity index (χ2n) is 12.0. The fourth-order valence-electron chi connectivity index (χ4n) is 7.91. The molecular formula is C30H38N2O5. The number of rotatable bonds is 3. The molecule has 0 bridgehead atoms. The summed E-state index contributed by atoms with van der Waals surface area (Å²) in [5.74, 6) is -0.717. The number of ether oxygens (including phenoxy) is 2. The molecule has 1 saturated carbocycles. The zero-order chi connectivity index (χ0) is 26.1. The SMILES string of the molecule is CO[C@@H]1CC(=O)[C@]23C(=O)N[C@H](Cc4c[nH]c5ccccc45)[C@@H]2[C@H](C)[C@]2(C)O[C@@H]2[C@@H]3/C=C\C[C@@H](C)C[C@@H]1O. The number of Topliss-reactive ketones (excluding diaryl/α,β-unsaturated/α-hetero) is 1. The second-order valence-corrected chi connectivity index (χ2v) is 12.0. The normalized spacial score (nSPS) is 44.4. The van der Waals surface area contributed by atoms with Crippen molar-refractivity contribution >= 4 is 22.6 Å². The Morgan fingerprint density at radius 2 is 2.00 bits per heavy atom. The van der Waals surface area contributed by atoms with E-state index in [0.717, 1.165) is 22.9 Å². The maximum absolute atomic E-state index is 14.4. The highest BCUT2D eigenvalue weighted by atomic mass is 16.6. The molecule has 6 rings (SSSR count). The summed E-state index contributed by atoms with van der Waals surface area (Å²) >= 11 is 0. The molecule has 1 aromatic carbocycles. The summed E-state index contributed by atoms with van der Waals surface area (Å²) in [6.07, 6.45) is 6.54. The van der Waals surface area contributed by atoms with Gasteiger partial charge in [0.2, 0.25) is 5.91 Å². The highest BCUT2D eigenvalue weighted by Gasteiger charge is 2.78. The maximum atomic E-state index is 14.4. The molecule has 37 heavy (non-hydrogen) atoms. The first-order valence-corrected chi connectivity index (χ1v) is 13.7. The van der Waals surface area contributed by atoms with Crippen molar-refractivity contribution in [2.24, 2.45) is 29.1 Å². The molecular weight excluding hydrogens is 468 g/mol. The van der Waals surface area contributed by atoms with Gasteiger partial charge in [0.15, 0.2) is 5.78 Å². The van der Waals surface area contributed by atoms with Gasteiger partial charge in [0.1, 0.15) is 5.41 Å². The fourth-order valence-corrected chi connectivity index (χ4v) is 7.91. The number of nitrogens with one attached hydrogen (secondary N) is 2. The summed E-state index contributed by atoms with van der Waals surface area (Å²) < 4.78 is 12.0. The molecule has 2 saturated heterocycles. The smallest absolute Gasteiger partial charge is 0.235 e. The van der Waals surface area contributed by atoms with Crippen LogP contribution in [0.4, 0.5) is 0 Å². The van der Waals surface area contributed by atoms with E-state index < -0.39 is 17.6 Å². The molecule has 2 aliphatic heterocycles. The van der Waals surface area contributed by atoms with Crippen LogP contribution in [0.15, 0.2) is 42.6 Å². The van der Waals surface area contributed by atoms with Gasteiger partial charge in [-0.1, -0.05) is 44.2 Å². The van der Waals surface area contributed by atoms with Crippen molar-refractivity contribution in [2.75, 3.05) is 7.11 Å². The third-order valence-corrected chi connectivity index (χ3v) is 10.1. The number of aromatic nitrogens is 1. The average Bonchev–Trinajstić information content (AvgIpc) is 3.28. The number of carbonyl (C=O) groups is 2. The van der Waals surface area contributed by atoms with Crippen molar-refractivity contribution in [3.05, 3.63) is 48.2 Å². The molecule has 0 unspecified atom stereocenters. The van der Waals surface area contributed by atoms with Gasteiger partial charge < -0.3 is 24.9 Å². The Bertz CT molecular complexity index is 1250. The van der Waals surface area contributed by atoms with E-state index in [1.165, 1.54) is 7.11 Å². The summed E-state index contributed by atoms with van der Waals surface area (Å²) in [4.78, 5) is 31.9. The van der Waals surface area contributed by atoms with E-state index in [0.29, 0.717) is 12.8 Å². The van der Waals surface area contributed by atoms with Crippen LogP contribution >= 0.6 is 0 Å². The molecule has 4 aliphatic rings. The van der Waals surface area contributed by atoms with Crippen LogP contribution in [0.1, 0.15) is 45.6 Å². The van der Waals surface area contributed by atoms with Crippen LogP contribution in [0, 0.1) is 29.1 Å². The minimum Gasteiger partial charge on any atom is -0.390 e. The zero-order valence-electron chi connectivity index (χ0n) is 22.1. The maximum Gasteiger partial charge on any atom is 0.235 e. The molecule has 1 spiro atoms. The topological polar surface area (TPSA) is 104 Å². The molecule has 0 radical (unpaired) electrons. The first-order valence-electron chi connectivity index (χ1n) is 13.7. The first kappa shape index (κ1) is 24.8. The number of H-pyrrole nitrogens is 1. The molecule has 3 fully saturated rings. The van der Waals surface area contributed by atoms with Crippen molar-refractivity contribution in [3.63, 3.8) is 0 Å². The molecule has 7 nitrogen and oxygen atoms in total. The molecule has 2 aliphatic carbocycles.